The van der Waals surface area contributed by atoms with Crippen LogP contribution in [0.15, 0.2) is 71.6 Å². The lowest BCUT2D eigenvalue weighted by atomic mass is 10.1. The van der Waals surface area contributed by atoms with Crippen molar-refractivity contribution >= 4 is 39.1 Å². The summed E-state index contributed by atoms with van der Waals surface area (Å²) in [5.41, 5.74) is 0.631. The van der Waals surface area contributed by atoms with E-state index in [2.05, 4.69) is 5.32 Å². The lowest BCUT2D eigenvalue weighted by Crippen LogP contribution is -2.51. The SMILES string of the molecule is CC[C@H](C(=O)NC)N(Cc1ccccc1Cl)C(=O)CN(c1ccc(F)cc1)S(=O)(=O)c1ccc(OC)c(OC)c1. The first-order valence-corrected chi connectivity index (χ1v) is 14.1. The largest absolute Gasteiger partial charge is 0.493 e. The molecule has 1 atom stereocenters. The van der Waals surface area contributed by atoms with E-state index in [0.29, 0.717) is 16.3 Å². The molecule has 0 spiro atoms. The van der Waals surface area contributed by atoms with E-state index >= 15 is 0 Å². The van der Waals surface area contributed by atoms with Gasteiger partial charge in [0.1, 0.15) is 18.4 Å². The molecule has 2 amide bonds. The van der Waals surface area contributed by atoms with Crippen LogP contribution in [-0.2, 0) is 26.2 Å². The maximum absolute atomic E-state index is 14.0. The zero-order valence-corrected chi connectivity index (χ0v) is 24.1. The van der Waals surface area contributed by atoms with Crippen LogP contribution < -0.4 is 19.1 Å². The first-order chi connectivity index (χ1) is 19.1. The minimum absolute atomic E-state index is 0.0436. The number of anilines is 1. The third-order valence-electron chi connectivity index (χ3n) is 6.27. The molecule has 40 heavy (non-hydrogen) atoms. The number of hydrogen-bond donors (Lipinski definition) is 1. The van der Waals surface area contributed by atoms with Crippen molar-refractivity contribution in [3.63, 3.8) is 0 Å². The molecule has 0 aliphatic heterocycles. The molecule has 0 bridgehead atoms. The van der Waals surface area contributed by atoms with Gasteiger partial charge >= 0.3 is 0 Å². The van der Waals surface area contributed by atoms with Gasteiger partial charge in [-0.15, -0.1) is 0 Å². The Morgan fingerprint density at radius 2 is 1.65 bits per heavy atom. The fourth-order valence-electron chi connectivity index (χ4n) is 4.14. The van der Waals surface area contributed by atoms with Crippen molar-refractivity contribution < 1.29 is 31.9 Å². The lowest BCUT2D eigenvalue weighted by Gasteiger charge is -2.33. The minimum Gasteiger partial charge on any atom is -0.493 e. The zero-order valence-electron chi connectivity index (χ0n) is 22.6. The predicted octanol–water partition coefficient (Wildman–Crippen LogP) is 4.25. The molecule has 0 radical (unpaired) electrons. The summed E-state index contributed by atoms with van der Waals surface area (Å²) in [6.07, 6.45) is 0.259. The van der Waals surface area contributed by atoms with Gasteiger partial charge in [-0.05, 0) is 54.4 Å². The molecular weight excluding hydrogens is 561 g/mol. The highest BCUT2D eigenvalue weighted by molar-refractivity contribution is 7.92. The number of likely N-dealkylation sites (N-methyl/N-ethyl adjacent to an activating group) is 1. The summed E-state index contributed by atoms with van der Waals surface area (Å²) >= 11 is 6.35. The molecular formula is C28H31ClFN3O6S. The van der Waals surface area contributed by atoms with Gasteiger partial charge in [-0.1, -0.05) is 36.7 Å². The number of nitrogens with zero attached hydrogens (tertiary/aromatic N) is 2. The van der Waals surface area contributed by atoms with E-state index < -0.39 is 40.2 Å². The van der Waals surface area contributed by atoms with Crippen LogP contribution in [0.1, 0.15) is 18.9 Å². The summed E-state index contributed by atoms with van der Waals surface area (Å²) in [7, 11) is -0.154. The number of methoxy groups -OCH3 is 2. The average molecular weight is 592 g/mol. The van der Waals surface area contributed by atoms with Crippen LogP contribution in [0.5, 0.6) is 11.5 Å². The van der Waals surface area contributed by atoms with Gasteiger partial charge in [-0.2, -0.15) is 0 Å². The smallest absolute Gasteiger partial charge is 0.264 e. The molecule has 0 aliphatic carbocycles. The summed E-state index contributed by atoms with van der Waals surface area (Å²) in [6.45, 7) is 1.02. The number of benzene rings is 3. The van der Waals surface area contributed by atoms with Crippen molar-refractivity contribution in [2.45, 2.75) is 30.8 Å². The molecule has 1 N–H and O–H groups in total. The molecule has 0 aliphatic rings. The Morgan fingerprint density at radius 1 is 1.00 bits per heavy atom. The number of hydrogen-bond acceptors (Lipinski definition) is 6. The van der Waals surface area contributed by atoms with Crippen molar-refractivity contribution in [2.24, 2.45) is 0 Å². The molecule has 0 heterocycles. The molecule has 0 fully saturated rings. The van der Waals surface area contributed by atoms with E-state index in [1.807, 2.05) is 0 Å². The Balaban J connectivity index is 2.10. The fraction of sp³-hybridized carbons (Fsp3) is 0.286. The topological polar surface area (TPSA) is 105 Å². The highest BCUT2D eigenvalue weighted by Gasteiger charge is 2.34. The molecule has 214 valence electrons. The van der Waals surface area contributed by atoms with E-state index in [0.717, 1.165) is 16.4 Å². The number of rotatable bonds is 12. The third kappa shape index (κ3) is 6.83. The Bertz CT molecular complexity index is 1450. The molecule has 3 rings (SSSR count). The first kappa shape index (κ1) is 30.7. The van der Waals surface area contributed by atoms with E-state index in [1.54, 1.807) is 31.2 Å². The van der Waals surface area contributed by atoms with Crippen molar-refractivity contribution in [1.82, 2.24) is 10.2 Å². The number of ether oxygens (including phenoxy) is 2. The third-order valence-corrected chi connectivity index (χ3v) is 8.41. The second-order valence-electron chi connectivity index (χ2n) is 8.66. The van der Waals surface area contributed by atoms with Crippen LogP contribution in [0.2, 0.25) is 5.02 Å². The van der Waals surface area contributed by atoms with E-state index in [4.69, 9.17) is 21.1 Å². The summed E-state index contributed by atoms with van der Waals surface area (Å²) < 4.78 is 53.0. The number of carbonyl (C=O) groups excluding carboxylic acids is 2. The Morgan fingerprint density at radius 3 is 2.23 bits per heavy atom. The second kappa shape index (κ2) is 13.5. The zero-order chi connectivity index (χ0) is 29.4. The van der Waals surface area contributed by atoms with Gasteiger partial charge in [0.05, 0.1) is 24.8 Å². The van der Waals surface area contributed by atoms with Crippen LogP contribution in [-0.4, -0.2) is 59.0 Å². The van der Waals surface area contributed by atoms with Gasteiger partial charge in [0.25, 0.3) is 10.0 Å². The number of amides is 2. The van der Waals surface area contributed by atoms with Crippen LogP contribution in [0.4, 0.5) is 10.1 Å². The summed E-state index contributed by atoms with van der Waals surface area (Å²) in [5, 5.41) is 2.95. The monoisotopic (exact) mass is 591 g/mol. The average Bonchev–Trinajstić information content (AvgIpc) is 2.96. The van der Waals surface area contributed by atoms with Gasteiger partial charge in [0.15, 0.2) is 11.5 Å². The standard InChI is InChI=1S/C28H31ClFN3O6S/c1-5-24(28(35)31-2)32(17-19-8-6-7-9-23(19)29)27(34)18-33(21-12-10-20(30)11-13-21)40(36,37)22-14-15-25(38-3)26(16-22)39-4/h6-16,24H,5,17-18H2,1-4H3,(H,31,35)/t24-/m1/s1. The maximum Gasteiger partial charge on any atom is 0.264 e. The minimum atomic E-state index is -4.39. The van der Waals surface area contributed by atoms with Crippen LogP contribution >= 0.6 is 11.6 Å². The Kier molecular flexibility index (Phi) is 10.4. The van der Waals surface area contributed by atoms with E-state index in [-0.39, 0.29) is 29.3 Å². The van der Waals surface area contributed by atoms with Crippen molar-refractivity contribution in [3.05, 3.63) is 83.1 Å². The highest BCUT2D eigenvalue weighted by Crippen LogP contribution is 2.32. The van der Waals surface area contributed by atoms with Gasteiger partial charge in [0, 0.05) is 24.7 Å². The van der Waals surface area contributed by atoms with Gasteiger partial charge < -0.3 is 19.7 Å². The number of halogens is 2. The summed E-state index contributed by atoms with van der Waals surface area (Å²) in [5.74, 6) is -1.18. The normalized spacial score (nSPS) is 11.8. The van der Waals surface area contributed by atoms with E-state index in [1.165, 1.54) is 56.5 Å². The molecule has 12 heteroatoms. The highest BCUT2D eigenvalue weighted by atomic mass is 35.5. The van der Waals surface area contributed by atoms with Gasteiger partial charge in [0.2, 0.25) is 11.8 Å². The lowest BCUT2D eigenvalue weighted by molar-refractivity contribution is -0.140. The molecule has 0 unspecified atom stereocenters. The van der Waals surface area contributed by atoms with Crippen LogP contribution in [0.3, 0.4) is 0 Å². The Labute approximate surface area is 238 Å². The quantitative estimate of drug-likeness (QED) is 0.338. The van der Waals surface area contributed by atoms with Crippen molar-refractivity contribution in [3.8, 4) is 11.5 Å². The van der Waals surface area contributed by atoms with Gasteiger partial charge in [-0.3, -0.25) is 13.9 Å². The second-order valence-corrected chi connectivity index (χ2v) is 10.9. The first-order valence-electron chi connectivity index (χ1n) is 12.3. The molecule has 3 aromatic carbocycles. The summed E-state index contributed by atoms with van der Waals surface area (Å²) in [6, 6.07) is 14.7. The summed E-state index contributed by atoms with van der Waals surface area (Å²) in [4.78, 5) is 27.8. The Hall–Kier alpha value is -3.83. The molecule has 3 aromatic rings. The number of nitrogens with one attached hydrogen (secondary N) is 1. The molecule has 0 aromatic heterocycles. The van der Waals surface area contributed by atoms with Crippen LogP contribution in [0.25, 0.3) is 0 Å². The number of carbonyl (C=O) groups is 2. The maximum atomic E-state index is 14.0. The predicted molar refractivity (Wildman–Crippen MR) is 151 cm³/mol. The van der Waals surface area contributed by atoms with E-state index in [9.17, 15) is 22.4 Å². The van der Waals surface area contributed by atoms with Crippen molar-refractivity contribution in [2.75, 3.05) is 32.1 Å². The molecule has 9 nitrogen and oxygen atoms in total. The molecule has 0 saturated carbocycles. The van der Waals surface area contributed by atoms with Crippen molar-refractivity contribution in [1.29, 1.82) is 0 Å². The van der Waals surface area contributed by atoms with Gasteiger partial charge in [-0.25, -0.2) is 12.8 Å². The fourth-order valence-corrected chi connectivity index (χ4v) is 5.76. The molecule has 0 saturated heterocycles. The number of sulfonamides is 1. The van der Waals surface area contributed by atoms with Crippen LogP contribution in [0, 0.1) is 5.82 Å².